The number of anilines is 6. The largest absolute Gasteiger partial charge is 0.310 e. The molecule has 0 saturated carbocycles. The van der Waals surface area contributed by atoms with E-state index in [1.165, 1.54) is 22.3 Å². The van der Waals surface area contributed by atoms with Crippen molar-refractivity contribution in [3.05, 3.63) is 186 Å². The van der Waals surface area contributed by atoms with Crippen LogP contribution in [0, 0.1) is 0 Å². The van der Waals surface area contributed by atoms with Gasteiger partial charge in [0.2, 0.25) is 0 Å². The highest BCUT2D eigenvalue weighted by molar-refractivity contribution is 5.88. The van der Waals surface area contributed by atoms with E-state index >= 15 is 0 Å². The molecule has 1 heterocycles. The number of rotatable bonds is 8. The summed E-state index contributed by atoms with van der Waals surface area (Å²) in [5.41, 5.74) is 16.2. The lowest BCUT2D eigenvalue weighted by Crippen LogP contribution is -2.16. The fraction of sp³-hybridized carbons (Fsp3) is 0.281. The Morgan fingerprint density at radius 1 is 0.300 bits per heavy atom. The SMILES string of the molecule is CC(C)(C)c1ccc(N(c2ccc(C(C)(C)C)cc2)c2cc(-c3cccc(-c4ccccn4)c3)cc(N(c3ccc(C(C)(C)C)cc3)c3ccc(C(C)(C)C)cc3)c2)cc1. The van der Waals surface area contributed by atoms with Crippen LogP contribution in [-0.2, 0) is 21.7 Å². The van der Waals surface area contributed by atoms with Gasteiger partial charge in [0.1, 0.15) is 0 Å². The zero-order valence-electron chi connectivity index (χ0n) is 37.9. The van der Waals surface area contributed by atoms with Crippen LogP contribution in [0.4, 0.5) is 34.1 Å². The zero-order valence-corrected chi connectivity index (χ0v) is 37.9. The molecule has 3 nitrogen and oxygen atoms in total. The second kappa shape index (κ2) is 16.3. The average Bonchev–Trinajstić information content (AvgIpc) is 3.21. The van der Waals surface area contributed by atoms with E-state index in [1.54, 1.807) is 0 Å². The lowest BCUT2D eigenvalue weighted by Gasteiger charge is -2.32. The van der Waals surface area contributed by atoms with Crippen molar-refractivity contribution in [3.63, 3.8) is 0 Å². The third kappa shape index (κ3) is 9.42. The molecule has 3 heteroatoms. The first-order valence-electron chi connectivity index (χ1n) is 21.5. The van der Waals surface area contributed by atoms with Gasteiger partial charge < -0.3 is 9.80 Å². The Kier molecular flexibility index (Phi) is 11.4. The summed E-state index contributed by atoms with van der Waals surface area (Å²) in [6.45, 7) is 27.3. The fourth-order valence-electron chi connectivity index (χ4n) is 7.75. The van der Waals surface area contributed by atoms with E-state index in [0.717, 1.165) is 56.5 Å². The number of pyridine rings is 1. The minimum Gasteiger partial charge on any atom is -0.310 e. The van der Waals surface area contributed by atoms with Crippen molar-refractivity contribution in [2.24, 2.45) is 0 Å². The fourth-order valence-corrected chi connectivity index (χ4v) is 7.75. The lowest BCUT2D eigenvalue weighted by molar-refractivity contribution is 0.590. The van der Waals surface area contributed by atoms with E-state index in [-0.39, 0.29) is 21.7 Å². The summed E-state index contributed by atoms with van der Waals surface area (Å²) in [7, 11) is 0. The van der Waals surface area contributed by atoms with Gasteiger partial charge in [-0.2, -0.15) is 0 Å². The molecular formula is C57H63N3. The quantitative estimate of drug-likeness (QED) is 0.153. The summed E-state index contributed by atoms with van der Waals surface area (Å²) in [6.07, 6.45) is 1.86. The number of benzene rings is 6. The Morgan fingerprint density at radius 3 is 0.967 bits per heavy atom. The first kappa shape index (κ1) is 42.2. The Hall–Kier alpha value is -5.93. The lowest BCUT2D eigenvalue weighted by atomic mass is 9.86. The van der Waals surface area contributed by atoms with Gasteiger partial charge in [0.15, 0.2) is 0 Å². The predicted octanol–water partition coefficient (Wildman–Crippen LogP) is 16.5. The number of nitrogens with zero attached hydrogens (tertiary/aromatic N) is 3. The van der Waals surface area contributed by atoms with Gasteiger partial charge in [-0.25, -0.2) is 0 Å². The first-order valence-corrected chi connectivity index (χ1v) is 21.5. The molecule has 60 heavy (non-hydrogen) atoms. The molecule has 0 aliphatic heterocycles. The van der Waals surface area contributed by atoms with Gasteiger partial charge in [0.25, 0.3) is 0 Å². The van der Waals surface area contributed by atoms with Crippen molar-refractivity contribution in [3.8, 4) is 22.4 Å². The van der Waals surface area contributed by atoms with Crippen molar-refractivity contribution in [1.82, 2.24) is 4.98 Å². The molecule has 7 aromatic rings. The third-order valence-electron chi connectivity index (χ3n) is 11.5. The standard InChI is InChI=1S/C57H63N3/c1-54(2,3)43-19-27-47(28-20-43)59(48-29-21-44(22-30-48)55(4,5)6)51-37-42(40-16-15-17-41(36-40)53-18-13-14-35-58-53)38-52(39-51)60(49-31-23-45(24-32-49)56(7,8)9)50-33-25-46(26-34-50)57(10,11)12/h13-39H,1-12H3. The molecule has 0 bridgehead atoms. The second-order valence-corrected chi connectivity index (χ2v) is 20.4. The first-order chi connectivity index (χ1) is 28.3. The molecule has 0 radical (unpaired) electrons. The van der Waals surface area contributed by atoms with Gasteiger partial charge in [0.05, 0.1) is 5.69 Å². The third-order valence-corrected chi connectivity index (χ3v) is 11.5. The van der Waals surface area contributed by atoms with Crippen LogP contribution in [0.25, 0.3) is 22.4 Å². The van der Waals surface area contributed by atoms with E-state index in [4.69, 9.17) is 4.98 Å². The molecule has 0 N–H and O–H groups in total. The average molecular weight is 790 g/mol. The number of hydrogen-bond acceptors (Lipinski definition) is 3. The molecule has 306 valence electrons. The summed E-state index contributed by atoms with van der Waals surface area (Å²) in [5, 5.41) is 0. The highest BCUT2D eigenvalue weighted by Gasteiger charge is 2.23. The van der Waals surface area contributed by atoms with Crippen molar-refractivity contribution < 1.29 is 0 Å². The van der Waals surface area contributed by atoms with Crippen molar-refractivity contribution in [1.29, 1.82) is 0 Å². The van der Waals surface area contributed by atoms with Crippen LogP contribution in [-0.4, -0.2) is 4.98 Å². The van der Waals surface area contributed by atoms with E-state index in [9.17, 15) is 0 Å². The van der Waals surface area contributed by atoms with Crippen molar-refractivity contribution in [2.75, 3.05) is 9.80 Å². The Balaban J connectivity index is 1.50. The molecule has 0 aliphatic rings. The van der Waals surface area contributed by atoms with Crippen LogP contribution in [0.3, 0.4) is 0 Å². The molecule has 0 unspecified atom stereocenters. The zero-order chi connectivity index (χ0) is 43.0. The predicted molar refractivity (Wildman–Crippen MR) is 259 cm³/mol. The van der Waals surface area contributed by atoms with Gasteiger partial charge in [0, 0.05) is 45.9 Å². The monoisotopic (exact) mass is 790 g/mol. The Morgan fingerprint density at radius 2 is 0.650 bits per heavy atom. The van der Waals surface area contributed by atoms with Crippen molar-refractivity contribution >= 4 is 34.1 Å². The molecule has 0 aliphatic carbocycles. The van der Waals surface area contributed by atoms with Gasteiger partial charge in [-0.15, -0.1) is 0 Å². The van der Waals surface area contributed by atoms with E-state index in [2.05, 4.69) is 245 Å². The van der Waals surface area contributed by atoms with Gasteiger partial charge in [-0.1, -0.05) is 156 Å². The van der Waals surface area contributed by atoms with Gasteiger partial charge in [-0.3, -0.25) is 4.98 Å². The smallest absolute Gasteiger partial charge is 0.0702 e. The molecular weight excluding hydrogens is 727 g/mol. The maximum Gasteiger partial charge on any atom is 0.0702 e. The maximum absolute atomic E-state index is 4.71. The second-order valence-electron chi connectivity index (χ2n) is 20.4. The van der Waals surface area contributed by atoms with Crippen LogP contribution < -0.4 is 9.80 Å². The Bertz CT molecular complexity index is 2270. The van der Waals surface area contributed by atoms with Crippen LogP contribution in [0.15, 0.2) is 164 Å². The van der Waals surface area contributed by atoms with Gasteiger partial charge >= 0.3 is 0 Å². The van der Waals surface area contributed by atoms with Crippen LogP contribution in [0.5, 0.6) is 0 Å². The Labute approximate surface area is 360 Å². The topological polar surface area (TPSA) is 19.4 Å². The van der Waals surface area contributed by atoms with E-state index < -0.39 is 0 Å². The molecule has 1 aromatic heterocycles. The minimum absolute atomic E-state index is 0.0367. The molecule has 0 atom stereocenters. The minimum atomic E-state index is 0.0367. The highest BCUT2D eigenvalue weighted by Crippen LogP contribution is 2.45. The molecule has 0 saturated heterocycles. The molecule has 0 amide bonds. The number of aromatic nitrogens is 1. The molecule has 0 spiro atoms. The van der Waals surface area contributed by atoms with E-state index in [0.29, 0.717) is 0 Å². The molecule has 6 aromatic carbocycles. The van der Waals surface area contributed by atoms with Gasteiger partial charge in [-0.05, 0) is 140 Å². The van der Waals surface area contributed by atoms with Crippen molar-refractivity contribution in [2.45, 2.75) is 105 Å². The summed E-state index contributed by atoms with van der Waals surface area (Å²) >= 11 is 0. The summed E-state index contributed by atoms with van der Waals surface area (Å²) in [6, 6.07) is 58.4. The summed E-state index contributed by atoms with van der Waals surface area (Å²) in [5.74, 6) is 0. The normalized spacial score (nSPS) is 12.3. The maximum atomic E-state index is 4.71. The van der Waals surface area contributed by atoms with Crippen LogP contribution in [0.1, 0.15) is 105 Å². The molecule has 7 rings (SSSR count). The highest BCUT2D eigenvalue weighted by atomic mass is 15.2. The number of hydrogen-bond donors (Lipinski definition) is 0. The summed E-state index contributed by atoms with van der Waals surface area (Å²) in [4.78, 5) is 9.54. The summed E-state index contributed by atoms with van der Waals surface area (Å²) < 4.78 is 0. The van der Waals surface area contributed by atoms with Crippen LogP contribution >= 0.6 is 0 Å². The molecule has 0 fully saturated rings. The van der Waals surface area contributed by atoms with E-state index in [1.807, 2.05) is 12.3 Å². The van der Waals surface area contributed by atoms with Crippen LogP contribution in [0.2, 0.25) is 0 Å².